The predicted octanol–water partition coefficient (Wildman–Crippen LogP) is 3.64. The van der Waals surface area contributed by atoms with Gasteiger partial charge in [-0.1, -0.05) is 23.2 Å². The number of hydrogen-bond acceptors (Lipinski definition) is 3. The summed E-state index contributed by atoms with van der Waals surface area (Å²) in [7, 11) is 5.91. The van der Waals surface area contributed by atoms with Crippen molar-refractivity contribution in [1.82, 2.24) is 10.3 Å². The highest BCUT2D eigenvalue weighted by atomic mass is 35.5. The number of halogens is 2. The van der Waals surface area contributed by atoms with E-state index in [4.69, 9.17) is 23.2 Å². The van der Waals surface area contributed by atoms with Gasteiger partial charge < -0.3 is 10.2 Å². The maximum absolute atomic E-state index is 6.34. The fourth-order valence-corrected chi connectivity index (χ4v) is 2.76. The van der Waals surface area contributed by atoms with Gasteiger partial charge in [-0.05, 0) is 31.7 Å². The van der Waals surface area contributed by atoms with Gasteiger partial charge in [0.25, 0.3) is 0 Å². The molecule has 3 nitrogen and oxygen atoms in total. The number of nitrogens with zero attached hydrogens (tertiary/aromatic N) is 2. The molecule has 0 aliphatic rings. The summed E-state index contributed by atoms with van der Waals surface area (Å²) < 4.78 is 0. The minimum atomic E-state index is 0.625. The minimum absolute atomic E-state index is 0.625. The summed E-state index contributed by atoms with van der Waals surface area (Å²) in [5.74, 6) is 0. The summed E-state index contributed by atoms with van der Waals surface area (Å²) >= 11 is 12.6. The van der Waals surface area contributed by atoms with Crippen LogP contribution in [0.4, 0.5) is 5.69 Å². The summed E-state index contributed by atoms with van der Waals surface area (Å²) in [4.78, 5) is 6.72. The van der Waals surface area contributed by atoms with Crippen LogP contribution < -0.4 is 10.2 Å². The van der Waals surface area contributed by atoms with Crippen molar-refractivity contribution in [1.29, 1.82) is 0 Å². The normalized spacial score (nSPS) is 11.1. The van der Waals surface area contributed by atoms with Crippen LogP contribution in [0.15, 0.2) is 12.1 Å². The van der Waals surface area contributed by atoms with Crippen LogP contribution in [0.3, 0.4) is 0 Å². The molecular formula is C14H17Cl2N3. The Hall–Kier alpha value is -1.03. The standard InChI is InChI=1S/C14H17Cl2N3/c1-8-11(7-17-2)18-13-10(16)6-5-9(15)12(13)14(8)19(3)4/h5-6,17H,7H2,1-4H3. The summed E-state index contributed by atoms with van der Waals surface area (Å²) in [5, 5.41) is 5.35. The molecule has 1 aromatic carbocycles. The highest BCUT2D eigenvalue weighted by Crippen LogP contribution is 2.38. The highest BCUT2D eigenvalue weighted by molar-refractivity contribution is 6.41. The van der Waals surface area contributed by atoms with Gasteiger partial charge in [0.15, 0.2) is 0 Å². The second-order valence-corrected chi connectivity index (χ2v) is 5.52. The molecule has 0 amide bonds. The van der Waals surface area contributed by atoms with E-state index in [0.717, 1.165) is 27.8 Å². The Morgan fingerprint density at radius 1 is 1.21 bits per heavy atom. The number of fused-ring (bicyclic) bond motifs is 1. The van der Waals surface area contributed by atoms with Crippen molar-refractivity contribution in [2.45, 2.75) is 13.5 Å². The van der Waals surface area contributed by atoms with Crippen molar-refractivity contribution in [2.24, 2.45) is 0 Å². The monoisotopic (exact) mass is 297 g/mol. The Morgan fingerprint density at radius 3 is 2.42 bits per heavy atom. The number of hydrogen-bond donors (Lipinski definition) is 1. The molecule has 0 bridgehead atoms. The lowest BCUT2D eigenvalue weighted by atomic mass is 10.1. The van der Waals surface area contributed by atoms with Crippen LogP contribution in [-0.2, 0) is 6.54 Å². The third kappa shape index (κ3) is 2.50. The molecule has 0 spiro atoms. The van der Waals surface area contributed by atoms with E-state index in [1.807, 2.05) is 27.2 Å². The van der Waals surface area contributed by atoms with Crippen LogP contribution in [0.5, 0.6) is 0 Å². The van der Waals surface area contributed by atoms with Crippen molar-refractivity contribution < 1.29 is 0 Å². The lowest BCUT2D eigenvalue weighted by Gasteiger charge is -2.21. The molecule has 1 heterocycles. The van der Waals surface area contributed by atoms with Crippen LogP contribution in [0.1, 0.15) is 11.3 Å². The molecule has 1 N–H and O–H groups in total. The number of rotatable bonds is 3. The van der Waals surface area contributed by atoms with Crippen molar-refractivity contribution in [3.05, 3.63) is 33.4 Å². The van der Waals surface area contributed by atoms with Gasteiger partial charge in [-0.3, -0.25) is 0 Å². The van der Waals surface area contributed by atoms with Gasteiger partial charge in [0.05, 0.1) is 26.9 Å². The highest BCUT2D eigenvalue weighted by Gasteiger charge is 2.17. The molecule has 0 atom stereocenters. The second-order valence-electron chi connectivity index (χ2n) is 4.71. The molecule has 0 saturated carbocycles. The Labute approximate surface area is 123 Å². The molecule has 19 heavy (non-hydrogen) atoms. The van der Waals surface area contributed by atoms with E-state index in [-0.39, 0.29) is 0 Å². The topological polar surface area (TPSA) is 28.2 Å². The van der Waals surface area contributed by atoms with Gasteiger partial charge in [0.1, 0.15) is 0 Å². The Bertz CT molecular complexity index is 624. The van der Waals surface area contributed by atoms with Gasteiger partial charge in [-0.15, -0.1) is 0 Å². The zero-order chi connectivity index (χ0) is 14.2. The lowest BCUT2D eigenvalue weighted by Crippen LogP contribution is -2.16. The van der Waals surface area contributed by atoms with Crippen LogP contribution >= 0.6 is 23.2 Å². The van der Waals surface area contributed by atoms with E-state index < -0.39 is 0 Å². The average molecular weight is 298 g/mol. The first-order chi connectivity index (χ1) is 8.97. The molecule has 2 rings (SSSR count). The predicted molar refractivity (Wildman–Crippen MR) is 83.6 cm³/mol. The first kappa shape index (κ1) is 14.4. The molecule has 0 fully saturated rings. The summed E-state index contributed by atoms with van der Waals surface area (Å²) in [6.07, 6.45) is 0. The van der Waals surface area contributed by atoms with Crippen LogP contribution in [-0.4, -0.2) is 26.1 Å². The fourth-order valence-electron chi connectivity index (χ4n) is 2.32. The molecule has 0 radical (unpaired) electrons. The molecule has 0 aliphatic heterocycles. The Morgan fingerprint density at radius 2 is 1.84 bits per heavy atom. The second kappa shape index (κ2) is 5.53. The number of pyridine rings is 1. The maximum Gasteiger partial charge on any atom is 0.0928 e. The third-order valence-corrected chi connectivity index (χ3v) is 3.76. The smallest absolute Gasteiger partial charge is 0.0928 e. The van der Waals surface area contributed by atoms with Gasteiger partial charge in [0, 0.05) is 26.0 Å². The van der Waals surface area contributed by atoms with E-state index in [0.29, 0.717) is 16.6 Å². The summed E-state index contributed by atoms with van der Waals surface area (Å²) in [5.41, 5.74) is 3.94. The van der Waals surface area contributed by atoms with Crippen LogP contribution in [0.25, 0.3) is 10.9 Å². The average Bonchev–Trinajstić information content (AvgIpc) is 2.35. The first-order valence-electron chi connectivity index (χ1n) is 6.06. The van der Waals surface area contributed by atoms with Gasteiger partial charge >= 0.3 is 0 Å². The van der Waals surface area contributed by atoms with Crippen molar-refractivity contribution in [3.8, 4) is 0 Å². The van der Waals surface area contributed by atoms with Gasteiger partial charge in [-0.2, -0.15) is 0 Å². The van der Waals surface area contributed by atoms with Crippen molar-refractivity contribution >= 4 is 39.8 Å². The molecule has 0 aliphatic carbocycles. The molecule has 2 aromatic rings. The minimum Gasteiger partial charge on any atom is -0.377 e. The summed E-state index contributed by atoms with van der Waals surface area (Å²) in [6, 6.07) is 3.61. The van der Waals surface area contributed by atoms with Crippen molar-refractivity contribution in [2.75, 3.05) is 26.0 Å². The van der Waals surface area contributed by atoms with E-state index in [1.165, 1.54) is 0 Å². The molecule has 102 valence electrons. The zero-order valence-corrected chi connectivity index (χ0v) is 13.0. The van der Waals surface area contributed by atoms with Crippen LogP contribution in [0, 0.1) is 6.92 Å². The van der Waals surface area contributed by atoms with E-state index in [2.05, 4.69) is 22.1 Å². The van der Waals surface area contributed by atoms with E-state index >= 15 is 0 Å². The molecule has 1 aromatic heterocycles. The molecule has 5 heteroatoms. The SMILES string of the molecule is CNCc1nc2c(Cl)ccc(Cl)c2c(N(C)C)c1C. The van der Waals surface area contributed by atoms with Crippen LogP contribution in [0.2, 0.25) is 10.0 Å². The largest absolute Gasteiger partial charge is 0.377 e. The van der Waals surface area contributed by atoms with Gasteiger partial charge in [-0.25, -0.2) is 4.98 Å². The maximum atomic E-state index is 6.34. The first-order valence-corrected chi connectivity index (χ1v) is 6.82. The fraction of sp³-hybridized carbons (Fsp3) is 0.357. The number of benzene rings is 1. The van der Waals surface area contributed by atoms with Gasteiger partial charge in [0.2, 0.25) is 0 Å². The molecular weight excluding hydrogens is 281 g/mol. The third-order valence-electron chi connectivity index (χ3n) is 3.14. The van der Waals surface area contributed by atoms with E-state index in [9.17, 15) is 0 Å². The quantitative estimate of drug-likeness (QED) is 0.937. The van der Waals surface area contributed by atoms with Crippen molar-refractivity contribution in [3.63, 3.8) is 0 Å². The number of nitrogens with one attached hydrogen (secondary N) is 1. The summed E-state index contributed by atoms with van der Waals surface area (Å²) in [6.45, 7) is 2.76. The Kier molecular flexibility index (Phi) is 4.19. The number of anilines is 1. The Balaban J connectivity index is 2.92. The van der Waals surface area contributed by atoms with E-state index in [1.54, 1.807) is 6.07 Å². The lowest BCUT2D eigenvalue weighted by molar-refractivity contribution is 0.788. The molecule has 0 saturated heterocycles. The number of aromatic nitrogens is 1. The molecule has 0 unspecified atom stereocenters. The zero-order valence-electron chi connectivity index (χ0n) is 11.5.